The molecule has 0 saturated heterocycles. The second-order valence-corrected chi connectivity index (χ2v) is 6.21. The number of hydrogen-bond donors (Lipinski definition) is 1. The summed E-state index contributed by atoms with van der Waals surface area (Å²) in [6.45, 7) is 3.90. The molecule has 7 heteroatoms. The fourth-order valence-electron chi connectivity index (χ4n) is 1.80. The predicted octanol–water partition coefficient (Wildman–Crippen LogP) is 3.20. The molecule has 0 amide bonds. The van der Waals surface area contributed by atoms with Crippen LogP contribution in [0.2, 0.25) is 0 Å². The first-order valence-corrected chi connectivity index (χ1v) is 8.14. The molecule has 0 radical (unpaired) electrons. The topological polar surface area (TPSA) is 64.6 Å². The Hall–Kier alpha value is -2.54. The Balaban J connectivity index is 2.19. The summed E-state index contributed by atoms with van der Waals surface area (Å²) in [5.41, 5.74) is 0.360. The van der Waals surface area contributed by atoms with E-state index in [2.05, 4.69) is 11.3 Å². The van der Waals surface area contributed by atoms with Crippen molar-refractivity contribution in [2.75, 3.05) is 18.4 Å². The van der Waals surface area contributed by atoms with Gasteiger partial charge >= 0.3 is 0 Å². The normalized spacial score (nSPS) is 10.9. The van der Waals surface area contributed by atoms with Crippen LogP contribution in [-0.4, -0.2) is 22.1 Å². The number of rotatable bonds is 7. The molecule has 0 aliphatic rings. The zero-order valence-corrected chi connectivity index (χ0v) is 13.3. The summed E-state index contributed by atoms with van der Waals surface area (Å²) in [5.74, 6) is -0.174. The minimum absolute atomic E-state index is 0.0947. The molecule has 2 aromatic rings. The van der Waals surface area contributed by atoms with Crippen molar-refractivity contribution in [2.45, 2.75) is 4.90 Å². The molecule has 122 valence electrons. The zero-order chi connectivity index (χ0) is 16.9. The van der Waals surface area contributed by atoms with Crippen molar-refractivity contribution in [3.05, 3.63) is 60.9 Å². The summed E-state index contributed by atoms with van der Waals surface area (Å²) >= 11 is 0. The van der Waals surface area contributed by atoms with Crippen molar-refractivity contribution in [1.82, 2.24) is 0 Å². The average molecular weight is 337 g/mol. The number of sulfonamides is 1. The minimum Gasteiger partial charge on any atom is -0.494 e. The molecule has 0 fully saturated rings. The predicted molar refractivity (Wildman–Crippen MR) is 85.9 cm³/mol. The van der Waals surface area contributed by atoms with Crippen molar-refractivity contribution < 1.29 is 22.3 Å². The van der Waals surface area contributed by atoms with E-state index in [0.29, 0.717) is 18.0 Å². The lowest BCUT2D eigenvalue weighted by Crippen LogP contribution is -2.13. The number of nitrogens with one attached hydrogen (secondary N) is 1. The van der Waals surface area contributed by atoms with E-state index in [4.69, 9.17) is 9.47 Å². The summed E-state index contributed by atoms with van der Waals surface area (Å²) in [5, 5.41) is 0. The highest BCUT2D eigenvalue weighted by Crippen LogP contribution is 2.24. The Bertz CT molecular complexity index is 788. The number of halogens is 1. The molecular formula is C16H16FNO4S. The van der Waals surface area contributed by atoms with Gasteiger partial charge in [0.15, 0.2) is 11.6 Å². The molecule has 2 rings (SSSR count). The summed E-state index contributed by atoms with van der Waals surface area (Å²) in [7, 11) is -2.58. The van der Waals surface area contributed by atoms with E-state index in [1.165, 1.54) is 13.2 Å². The van der Waals surface area contributed by atoms with Crippen LogP contribution in [0.15, 0.2) is 60.0 Å². The third-order valence-electron chi connectivity index (χ3n) is 2.91. The van der Waals surface area contributed by atoms with E-state index in [-0.39, 0.29) is 10.6 Å². The van der Waals surface area contributed by atoms with Gasteiger partial charge in [-0.05, 0) is 36.4 Å². The van der Waals surface area contributed by atoms with Crippen LogP contribution in [0, 0.1) is 5.82 Å². The van der Waals surface area contributed by atoms with Gasteiger partial charge in [0.05, 0.1) is 12.0 Å². The molecule has 23 heavy (non-hydrogen) atoms. The van der Waals surface area contributed by atoms with Gasteiger partial charge in [-0.1, -0.05) is 12.7 Å². The molecule has 0 saturated carbocycles. The van der Waals surface area contributed by atoms with Crippen LogP contribution >= 0.6 is 0 Å². The third kappa shape index (κ3) is 4.23. The van der Waals surface area contributed by atoms with Gasteiger partial charge in [-0.3, -0.25) is 4.72 Å². The molecule has 1 N–H and O–H groups in total. The van der Waals surface area contributed by atoms with Crippen molar-refractivity contribution in [3.63, 3.8) is 0 Å². The van der Waals surface area contributed by atoms with Crippen LogP contribution in [-0.2, 0) is 10.0 Å². The second kappa shape index (κ2) is 7.15. The zero-order valence-electron chi connectivity index (χ0n) is 12.5. The van der Waals surface area contributed by atoms with Gasteiger partial charge in [-0.2, -0.15) is 0 Å². The Morgan fingerprint density at radius 2 is 1.91 bits per heavy atom. The number of anilines is 1. The fourth-order valence-corrected chi connectivity index (χ4v) is 2.87. The molecule has 0 spiro atoms. The minimum atomic E-state index is -3.85. The Labute approximate surface area is 134 Å². The number of benzene rings is 2. The first-order valence-electron chi connectivity index (χ1n) is 6.66. The highest BCUT2D eigenvalue weighted by Gasteiger charge is 2.17. The molecule has 0 aliphatic heterocycles. The van der Waals surface area contributed by atoms with Gasteiger partial charge in [-0.15, -0.1) is 0 Å². The maximum absolute atomic E-state index is 13.4. The average Bonchev–Trinajstić information content (AvgIpc) is 2.54. The van der Waals surface area contributed by atoms with Gasteiger partial charge in [0, 0.05) is 11.8 Å². The number of ether oxygens (including phenoxy) is 2. The molecule has 0 aliphatic carbocycles. The van der Waals surface area contributed by atoms with Crippen molar-refractivity contribution in [2.24, 2.45) is 0 Å². The Morgan fingerprint density at radius 3 is 2.52 bits per heavy atom. The number of methoxy groups -OCH3 is 1. The quantitative estimate of drug-likeness (QED) is 0.788. The summed E-state index contributed by atoms with van der Waals surface area (Å²) in [4.78, 5) is -0.0947. The molecule has 2 aromatic carbocycles. The monoisotopic (exact) mass is 337 g/mol. The molecule has 0 unspecified atom stereocenters. The smallest absolute Gasteiger partial charge is 0.262 e. The Morgan fingerprint density at radius 1 is 1.22 bits per heavy atom. The first-order chi connectivity index (χ1) is 11.0. The lowest BCUT2D eigenvalue weighted by Gasteiger charge is -2.10. The first kappa shape index (κ1) is 16.8. The maximum Gasteiger partial charge on any atom is 0.262 e. The highest BCUT2D eigenvalue weighted by atomic mass is 32.2. The SMILES string of the molecule is C=CCOc1ccc(NS(=O)(=O)c2ccc(F)c(OC)c2)cc1. The summed E-state index contributed by atoms with van der Waals surface area (Å²) in [6.07, 6.45) is 1.61. The van der Waals surface area contributed by atoms with Crippen LogP contribution in [0.25, 0.3) is 0 Å². The fraction of sp³-hybridized carbons (Fsp3) is 0.125. The van der Waals surface area contributed by atoms with E-state index in [1.807, 2.05) is 0 Å². The van der Waals surface area contributed by atoms with Crippen molar-refractivity contribution in [3.8, 4) is 11.5 Å². The van der Waals surface area contributed by atoms with E-state index in [9.17, 15) is 12.8 Å². The van der Waals surface area contributed by atoms with E-state index in [1.54, 1.807) is 30.3 Å². The van der Waals surface area contributed by atoms with Gasteiger partial charge in [0.25, 0.3) is 10.0 Å². The largest absolute Gasteiger partial charge is 0.494 e. The molecule has 0 atom stereocenters. The van der Waals surface area contributed by atoms with Gasteiger partial charge in [0.1, 0.15) is 12.4 Å². The van der Waals surface area contributed by atoms with Gasteiger partial charge in [0.2, 0.25) is 0 Å². The van der Waals surface area contributed by atoms with Crippen LogP contribution in [0.4, 0.5) is 10.1 Å². The molecule has 0 heterocycles. The van der Waals surface area contributed by atoms with Crippen molar-refractivity contribution in [1.29, 1.82) is 0 Å². The molecule has 0 bridgehead atoms. The highest BCUT2D eigenvalue weighted by molar-refractivity contribution is 7.92. The maximum atomic E-state index is 13.4. The van der Waals surface area contributed by atoms with Crippen LogP contribution in [0.3, 0.4) is 0 Å². The lowest BCUT2D eigenvalue weighted by atomic mass is 10.3. The lowest BCUT2D eigenvalue weighted by molar-refractivity contribution is 0.363. The number of hydrogen-bond acceptors (Lipinski definition) is 4. The standard InChI is InChI=1S/C16H16FNO4S/c1-3-10-22-13-6-4-12(5-7-13)18-23(19,20)14-8-9-15(17)16(11-14)21-2/h3-9,11,18H,1,10H2,2H3. The third-order valence-corrected chi connectivity index (χ3v) is 4.29. The van der Waals surface area contributed by atoms with Gasteiger partial charge < -0.3 is 9.47 Å². The van der Waals surface area contributed by atoms with E-state index in [0.717, 1.165) is 12.1 Å². The van der Waals surface area contributed by atoms with E-state index >= 15 is 0 Å². The summed E-state index contributed by atoms with van der Waals surface area (Å²) < 4.78 is 50.5. The van der Waals surface area contributed by atoms with Crippen LogP contribution < -0.4 is 14.2 Å². The van der Waals surface area contributed by atoms with E-state index < -0.39 is 15.8 Å². The van der Waals surface area contributed by atoms with Gasteiger partial charge in [-0.25, -0.2) is 12.8 Å². The Kier molecular flexibility index (Phi) is 5.23. The van der Waals surface area contributed by atoms with Crippen LogP contribution in [0.5, 0.6) is 11.5 Å². The molecular weight excluding hydrogens is 321 g/mol. The van der Waals surface area contributed by atoms with Crippen LogP contribution in [0.1, 0.15) is 0 Å². The second-order valence-electron chi connectivity index (χ2n) is 4.53. The van der Waals surface area contributed by atoms with Crippen molar-refractivity contribution >= 4 is 15.7 Å². The molecule has 0 aromatic heterocycles. The summed E-state index contributed by atoms with van der Waals surface area (Å²) in [6, 6.07) is 9.73. The molecule has 5 nitrogen and oxygen atoms in total.